The minimum atomic E-state index is -0.0389. The first-order chi connectivity index (χ1) is 12.1. The number of halogens is 1. The van der Waals surface area contributed by atoms with Gasteiger partial charge in [-0.1, -0.05) is 24.6 Å². The van der Waals surface area contributed by atoms with Crippen molar-refractivity contribution in [3.63, 3.8) is 0 Å². The Morgan fingerprint density at radius 2 is 2.12 bits per heavy atom. The van der Waals surface area contributed by atoms with E-state index < -0.39 is 0 Å². The van der Waals surface area contributed by atoms with Crippen molar-refractivity contribution in [2.24, 2.45) is 0 Å². The zero-order chi connectivity index (χ0) is 17.6. The summed E-state index contributed by atoms with van der Waals surface area (Å²) in [6, 6.07) is 7.08. The van der Waals surface area contributed by atoms with Crippen molar-refractivity contribution in [1.29, 1.82) is 0 Å². The van der Waals surface area contributed by atoms with Gasteiger partial charge in [0.05, 0.1) is 18.3 Å². The fourth-order valence-electron chi connectivity index (χ4n) is 3.52. The van der Waals surface area contributed by atoms with Crippen LogP contribution in [-0.4, -0.2) is 33.9 Å². The summed E-state index contributed by atoms with van der Waals surface area (Å²) in [6.07, 6.45) is 1.99. The molecular formula is C19H21ClN4O. The lowest BCUT2D eigenvalue weighted by atomic mass is 10.1. The molecule has 0 bridgehead atoms. The van der Waals surface area contributed by atoms with Crippen molar-refractivity contribution in [3.8, 4) is 0 Å². The van der Waals surface area contributed by atoms with E-state index in [0.29, 0.717) is 17.1 Å². The van der Waals surface area contributed by atoms with E-state index in [4.69, 9.17) is 21.6 Å². The molecule has 1 unspecified atom stereocenters. The van der Waals surface area contributed by atoms with Crippen LogP contribution in [0.2, 0.25) is 5.02 Å². The number of hydrogen-bond acceptors (Lipinski definition) is 4. The van der Waals surface area contributed by atoms with Crippen LogP contribution in [-0.2, 0) is 13.0 Å². The number of carbonyl (C=O) groups is 1. The largest absolute Gasteiger partial charge is 0.356 e. The zero-order valence-corrected chi connectivity index (χ0v) is 15.3. The smallest absolute Gasteiger partial charge is 0.254 e. The number of nitrogens with zero attached hydrogens (tertiary/aromatic N) is 4. The second-order valence-corrected chi connectivity index (χ2v) is 7.07. The van der Waals surface area contributed by atoms with E-state index in [1.165, 1.54) is 6.42 Å². The number of aromatic nitrogens is 2. The summed E-state index contributed by atoms with van der Waals surface area (Å²) in [5.41, 5.74) is 2.70. The summed E-state index contributed by atoms with van der Waals surface area (Å²) in [5, 5.41) is 0.574. The third-order valence-electron chi connectivity index (χ3n) is 5.06. The normalized spacial score (nSPS) is 18.9. The minimum absolute atomic E-state index is 0.0133. The molecule has 5 nitrogen and oxygen atoms in total. The molecule has 3 heterocycles. The Morgan fingerprint density at radius 1 is 1.32 bits per heavy atom. The molecule has 1 amide bonds. The van der Waals surface area contributed by atoms with Crippen molar-refractivity contribution in [2.75, 3.05) is 18.0 Å². The Balaban J connectivity index is 1.71. The van der Waals surface area contributed by atoms with E-state index in [1.54, 1.807) is 12.1 Å². The minimum Gasteiger partial charge on any atom is -0.356 e. The molecule has 0 N–H and O–H groups in total. The highest BCUT2D eigenvalue weighted by atomic mass is 35.5. The fourth-order valence-corrected chi connectivity index (χ4v) is 3.71. The number of aryl methyl sites for hydroxylation is 1. The molecule has 1 atom stereocenters. The number of carbonyl (C=O) groups excluding carboxylic acids is 1. The average Bonchev–Trinajstić information content (AvgIpc) is 2.89. The van der Waals surface area contributed by atoms with Crippen LogP contribution in [0.15, 0.2) is 24.3 Å². The fraction of sp³-hybridized carbons (Fsp3) is 0.421. The Labute approximate surface area is 152 Å². The van der Waals surface area contributed by atoms with E-state index in [-0.39, 0.29) is 11.9 Å². The first kappa shape index (κ1) is 16.3. The molecule has 2 aliphatic rings. The van der Waals surface area contributed by atoms with Gasteiger partial charge in [0, 0.05) is 35.7 Å². The highest BCUT2D eigenvalue weighted by Crippen LogP contribution is 2.40. The molecule has 0 aliphatic carbocycles. The lowest BCUT2D eigenvalue weighted by Gasteiger charge is -2.34. The number of anilines is 1. The van der Waals surface area contributed by atoms with Crippen LogP contribution >= 0.6 is 11.6 Å². The van der Waals surface area contributed by atoms with Crippen molar-refractivity contribution in [2.45, 2.75) is 39.3 Å². The van der Waals surface area contributed by atoms with Gasteiger partial charge in [0.25, 0.3) is 5.91 Å². The van der Waals surface area contributed by atoms with Gasteiger partial charge in [0.1, 0.15) is 11.6 Å². The summed E-state index contributed by atoms with van der Waals surface area (Å²) >= 11 is 6.05. The topological polar surface area (TPSA) is 49.3 Å². The molecule has 25 heavy (non-hydrogen) atoms. The van der Waals surface area contributed by atoms with Gasteiger partial charge in [-0.05, 0) is 31.5 Å². The Kier molecular flexibility index (Phi) is 4.12. The van der Waals surface area contributed by atoms with Crippen molar-refractivity contribution in [1.82, 2.24) is 14.9 Å². The second-order valence-electron chi connectivity index (χ2n) is 6.64. The Morgan fingerprint density at radius 3 is 2.76 bits per heavy atom. The number of fused-ring (bicyclic) bond motifs is 1. The van der Waals surface area contributed by atoms with Crippen LogP contribution in [0.1, 0.15) is 53.7 Å². The molecule has 0 radical (unpaired) electrons. The van der Waals surface area contributed by atoms with Crippen molar-refractivity contribution >= 4 is 23.3 Å². The van der Waals surface area contributed by atoms with Gasteiger partial charge in [-0.2, -0.15) is 0 Å². The molecule has 1 fully saturated rings. The maximum Gasteiger partial charge on any atom is 0.254 e. The first-order valence-corrected chi connectivity index (χ1v) is 9.17. The molecule has 1 saturated heterocycles. The molecule has 0 saturated carbocycles. The monoisotopic (exact) mass is 356 g/mol. The van der Waals surface area contributed by atoms with Crippen molar-refractivity contribution < 1.29 is 4.79 Å². The summed E-state index contributed by atoms with van der Waals surface area (Å²) in [5.74, 6) is 1.85. The first-order valence-electron chi connectivity index (χ1n) is 8.79. The number of rotatable bonds is 3. The molecule has 0 spiro atoms. The number of benzene rings is 1. The van der Waals surface area contributed by atoms with Gasteiger partial charge < -0.3 is 9.80 Å². The van der Waals surface area contributed by atoms with Gasteiger partial charge in [-0.15, -0.1) is 0 Å². The van der Waals surface area contributed by atoms with Crippen LogP contribution in [0.3, 0.4) is 0 Å². The standard InChI is InChI=1S/C19H21ClN4O/c1-3-16-21-15-11-24(19(25)13-6-4-7-14(20)10-13)12(2)17(15)18(22-16)23-8-5-9-23/h4,6-7,10,12H,3,5,8-9,11H2,1-2H3. The van der Waals surface area contributed by atoms with Crippen LogP contribution in [0.4, 0.5) is 5.82 Å². The molecule has 6 heteroatoms. The summed E-state index contributed by atoms with van der Waals surface area (Å²) in [7, 11) is 0. The molecule has 1 aromatic heterocycles. The van der Waals surface area contributed by atoms with E-state index in [0.717, 1.165) is 42.4 Å². The maximum atomic E-state index is 13.0. The van der Waals surface area contributed by atoms with Gasteiger partial charge in [-0.3, -0.25) is 4.79 Å². The Hall–Kier alpha value is -2.14. The van der Waals surface area contributed by atoms with Gasteiger partial charge in [0.15, 0.2) is 0 Å². The van der Waals surface area contributed by atoms with Gasteiger partial charge in [-0.25, -0.2) is 9.97 Å². The predicted octanol–water partition coefficient (Wildman–Crippen LogP) is 3.62. The van der Waals surface area contributed by atoms with E-state index in [2.05, 4.69) is 18.7 Å². The molecule has 130 valence electrons. The highest BCUT2D eigenvalue weighted by molar-refractivity contribution is 6.30. The zero-order valence-electron chi connectivity index (χ0n) is 14.5. The molecule has 4 rings (SSSR count). The van der Waals surface area contributed by atoms with E-state index in [9.17, 15) is 4.79 Å². The average molecular weight is 357 g/mol. The molecule has 2 aliphatic heterocycles. The maximum absolute atomic E-state index is 13.0. The van der Waals surface area contributed by atoms with Crippen molar-refractivity contribution in [3.05, 3.63) is 51.9 Å². The van der Waals surface area contributed by atoms with Crippen LogP contribution in [0.25, 0.3) is 0 Å². The SMILES string of the molecule is CCc1nc2c(c(N3CCC3)n1)C(C)N(C(=O)c1cccc(Cl)c1)C2. The highest BCUT2D eigenvalue weighted by Gasteiger charge is 2.37. The lowest BCUT2D eigenvalue weighted by Crippen LogP contribution is -2.39. The van der Waals surface area contributed by atoms with E-state index in [1.807, 2.05) is 17.0 Å². The predicted molar refractivity (Wildman–Crippen MR) is 98.0 cm³/mol. The molecule has 2 aromatic rings. The lowest BCUT2D eigenvalue weighted by molar-refractivity contribution is 0.0704. The van der Waals surface area contributed by atoms with Gasteiger partial charge >= 0.3 is 0 Å². The van der Waals surface area contributed by atoms with Crippen LogP contribution in [0.5, 0.6) is 0 Å². The second kappa shape index (κ2) is 6.30. The Bertz CT molecular complexity index is 834. The van der Waals surface area contributed by atoms with Crippen LogP contribution < -0.4 is 4.90 Å². The third-order valence-corrected chi connectivity index (χ3v) is 5.30. The summed E-state index contributed by atoms with van der Waals surface area (Å²) < 4.78 is 0. The number of amides is 1. The number of hydrogen-bond donors (Lipinski definition) is 0. The summed E-state index contributed by atoms with van der Waals surface area (Å²) in [6.45, 7) is 6.71. The quantitative estimate of drug-likeness (QED) is 0.842. The summed E-state index contributed by atoms with van der Waals surface area (Å²) in [4.78, 5) is 26.6. The van der Waals surface area contributed by atoms with Crippen LogP contribution in [0, 0.1) is 0 Å². The molecular weight excluding hydrogens is 336 g/mol. The molecule has 1 aromatic carbocycles. The van der Waals surface area contributed by atoms with Gasteiger partial charge in [0.2, 0.25) is 0 Å². The third kappa shape index (κ3) is 2.76. The van der Waals surface area contributed by atoms with E-state index >= 15 is 0 Å².